The van der Waals surface area contributed by atoms with E-state index >= 15 is 0 Å². The van der Waals surface area contributed by atoms with Crippen LogP contribution >= 0.6 is 0 Å². The zero-order valence-corrected chi connectivity index (χ0v) is 14.0. The summed E-state index contributed by atoms with van der Waals surface area (Å²) in [6.45, 7) is 2.29. The van der Waals surface area contributed by atoms with Gasteiger partial charge in [-0.2, -0.15) is 0 Å². The fourth-order valence-electron chi connectivity index (χ4n) is 2.81. The topological polar surface area (TPSA) is 104 Å². The molecule has 2 N–H and O–H groups in total. The standard InChI is InChI=1S/C17H17FN4O4/c1-2-26-17(25)13-12(20-9-21-13)16(24)22-8-7-19-15(23)14(22)10-3-5-11(18)6-4-10/h3-6,9,14H,2,7-8H2,1H3,(H,19,23)(H,20,21)/t14-/m1/s1. The molecule has 0 saturated carbocycles. The SMILES string of the molecule is CCOC(=O)c1[nH]cnc1C(=O)N1CCNC(=O)[C@H]1c1ccc(F)cc1. The quantitative estimate of drug-likeness (QED) is 0.793. The number of nitrogens with zero attached hydrogens (tertiary/aromatic N) is 2. The smallest absolute Gasteiger partial charge is 0.357 e. The van der Waals surface area contributed by atoms with E-state index < -0.39 is 23.7 Å². The molecule has 26 heavy (non-hydrogen) atoms. The predicted molar refractivity (Wildman–Crippen MR) is 87.7 cm³/mol. The molecule has 0 aliphatic carbocycles. The van der Waals surface area contributed by atoms with Gasteiger partial charge >= 0.3 is 5.97 Å². The summed E-state index contributed by atoms with van der Waals surface area (Å²) in [6.07, 6.45) is 1.22. The Morgan fingerprint density at radius 2 is 2.08 bits per heavy atom. The maximum atomic E-state index is 13.2. The van der Waals surface area contributed by atoms with Crippen molar-refractivity contribution in [1.82, 2.24) is 20.2 Å². The lowest BCUT2D eigenvalue weighted by molar-refractivity contribution is -0.128. The zero-order chi connectivity index (χ0) is 18.7. The minimum Gasteiger partial charge on any atom is -0.461 e. The second-order valence-electron chi connectivity index (χ2n) is 5.59. The van der Waals surface area contributed by atoms with Crippen LogP contribution in [-0.2, 0) is 9.53 Å². The van der Waals surface area contributed by atoms with Gasteiger partial charge in [0.05, 0.1) is 12.9 Å². The minimum atomic E-state index is -0.941. The van der Waals surface area contributed by atoms with Crippen LogP contribution in [0.4, 0.5) is 4.39 Å². The highest BCUT2D eigenvalue weighted by molar-refractivity contribution is 6.04. The van der Waals surface area contributed by atoms with Gasteiger partial charge in [-0.1, -0.05) is 12.1 Å². The van der Waals surface area contributed by atoms with Crippen molar-refractivity contribution in [3.05, 3.63) is 53.4 Å². The van der Waals surface area contributed by atoms with E-state index in [0.29, 0.717) is 5.56 Å². The van der Waals surface area contributed by atoms with Crippen molar-refractivity contribution in [3.63, 3.8) is 0 Å². The van der Waals surface area contributed by atoms with Gasteiger partial charge in [0.2, 0.25) is 5.91 Å². The molecule has 1 saturated heterocycles. The first kappa shape index (κ1) is 17.6. The lowest BCUT2D eigenvalue weighted by Crippen LogP contribution is -2.52. The average Bonchev–Trinajstić information content (AvgIpc) is 3.12. The Morgan fingerprint density at radius 1 is 1.35 bits per heavy atom. The number of hydrogen-bond donors (Lipinski definition) is 2. The highest BCUT2D eigenvalue weighted by atomic mass is 19.1. The Kier molecular flexibility index (Phi) is 4.97. The maximum Gasteiger partial charge on any atom is 0.357 e. The molecule has 1 aliphatic heterocycles. The Labute approximate surface area is 148 Å². The van der Waals surface area contributed by atoms with Crippen LogP contribution in [0.1, 0.15) is 39.5 Å². The number of H-pyrrole nitrogens is 1. The number of imidazole rings is 1. The summed E-state index contributed by atoms with van der Waals surface area (Å²) in [4.78, 5) is 45.2. The van der Waals surface area contributed by atoms with E-state index in [-0.39, 0.29) is 37.0 Å². The molecule has 0 spiro atoms. The number of nitrogens with one attached hydrogen (secondary N) is 2. The Morgan fingerprint density at radius 3 is 2.77 bits per heavy atom. The Hall–Kier alpha value is -3.23. The molecule has 2 amide bonds. The molecule has 2 aromatic rings. The number of amides is 2. The maximum absolute atomic E-state index is 13.2. The summed E-state index contributed by atoms with van der Waals surface area (Å²) in [5.41, 5.74) is 0.274. The van der Waals surface area contributed by atoms with Gasteiger partial charge in [0.1, 0.15) is 11.9 Å². The van der Waals surface area contributed by atoms with Crippen LogP contribution in [0.25, 0.3) is 0 Å². The van der Waals surface area contributed by atoms with Gasteiger partial charge in [0, 0.05) is 13.1 Å². The number of esters is 1. The first-order valence-electron chi connectivity index (χ1n) is 8.07. The number of aromatic amines is 1. The number of ether oxygens (including phenoxy) is 1. The molecular weight excluding hydrogens is 343 g/mol. The number of rotatable bonds is 4. The normalized spacial score (nSPS) is 16.9. The first-order chi connectivity index (χ1) is 12.5. The largest absolute Gasteiger partial charge is 0.461 e. The first-order valence-corrected chi connectivity index (χ1v) is 8.07. The van der Waals surface area contributed by atoms with E-state index in [1.165, 1.54) is 35.5 Å². The van der Waals surface area contributed by atoms with E-state index in [1.807, 2.05) is 0 Å². The second-order valence-corrected chi connectivity index (χ2v) is 5.59. The predicted octanol–water partition coefficient (Wildman–Crippen LogP) is 1.04. The van der Waals surface area contributed by atoms with Crippen molar-refractivity contribution in [1.29, 1.82) is 0 Å². The molecule has 1 fully saturated rings. The van der Waals surface area contributed by atoms with Gasteiger partial charge in [-0.25, -0.2) is 14.2 Å². The van der Waals surface area contributed by atoms with Gasteiger partial charge in [0.25, 0.3) is 5.91 Å². The molecule has 1 aromatic heterocycles. The van der Waals surface area contributed by atoms with Gasteiger partial charge in [-0.05, 0) is 24.6 Å². The number of piperazine rings is 1. The molecule has 0 bridgehead atoms. The third-order valence-electron chi connectivity index (χ3n) is 3.98. The van der Waals surface area contributed by atoms with E-state index in [2.05, 4.69) is 15.3 Å². The molecule has 8 nitrogen and oxygen atoms in total. The number of carbonyl (C=O) groups is 3. The zero-order valence-electron chi connectivity index (χ0n) is 14.0. The van der Waals surface area contributed by atoms with Crippen molar-refractivity contribution in [2.45, 2.75) is 13.0 Å². The van der Waals surface area contributed by atoms with E-state index in [0.717, 1.165) is 0 Å². The van der Waals surface area contributed by atoms with Gasteiger partial charge in [-0.3, -0.25) is 9.59 Å². The molecule has 0 unspecified atom stereocenters. The molecule has 1 aliphatic rings. The second kappa shape index (κ2) is 7.34. The Bertz CT molecular complexity index is 834. The average molecular weight is 360 g/mol. The molecule has 1 aromatic carbocycles. The summed E-state index contributed by atoms with van der Waals surface area (Å²) in [5, 5.41) is 2.69. The van der Waals surface area contributed by atoms with Gasteiger partial charge < -0.3 is 19.9 Å². The van der Waals surface area contributed by atoms with Crippen molar-refractivity contribution in [2.24, 2.45) is 0 Å². The van der Waals surface area contributed by atoms with Crippen LogP contribution < -0.4 is 5.32 Å². The summed E-state index contributed by atoms with van der Waals surface area (Å²) in [6, 6.07) is 4.39. The van der Waals surface area contributed by atoms with E-state index in [1.54, 1.807) is 6.92 Å². The number of carbonyl (C=O) groups excluding carboxylic acids is 3. The third kappa shape index (κ3) is 3.28. The van der Waals surface area contributed by atoms with Crippen LogP contribution in [0.5, 0.6) is 0 Å². The molecule has 136 valence electrons. The molecule has 3 rings (SSSR count). The Balaban J connectivity index is 1.94. The molecular formula is C17H17FN4O4. The summed E-state index contributed by atoms with van der Waals surface area (Å²) in [7, 11) is 0. The third-order valence-corrected chi connectivity index (χ3v) is 3.98. The summed E-state index contributed by atoms with van der Waals surface area (Å²) >= 11 is 0. The highest BCUT2D eigenvalue weighted by Gasteiger charge is 2.37. The van der Waals surface area contributed by atoms with Crippen molar-refractivity contribution < 1.29 is 23.5 Å². The monoisotopic (exact) mass is 360 g/mol. The number of hydrogen-bond acceptors (Lipinski definition) is 5. The highest BCUT2D eigenvalue weighted by Crippen LogP contribution is 2.25. The lowest BCUT2D eigenvalue weighted by atomic mass is 10.0. The van der Waals surface area contributed by atoms with E-state index in [9.17, 15) is 18.8 Å². The van der Waals surface area contributed by atoms with Crippen molar-refractivity contribution >= 4 is 17.8 Å². The molecule has 2 heterocycles. The fourth-order valence-corrected chi connectivity index (χ4v) is 2.81. The number of aromatic nitrogens is 2. The van der Waals surface area contributed by atoms with Gasteiger partial charge in [-0.15, -0.1) is 0 Å². The lowest BCUT2D eigenvalue weighted by Gasteiger charge is -2.35. The molecule has 0 radical (unpaired) electrons. The van der Waals surface area contributed by atoms with Crippen LogP contribution in [0.3, 0.4) is 0 Å². The van der Waals surface area contributed by atoms with Crippen molar-refractivity contribution in [3.8, 4) is 0 Å². The fraction of sp³-hybridized carbons (Fsp3) is 0.294. The van der Waals surface area contributed by atoms with Crippen LogP contribution in [0.15, 0.2) is 30.6 Å². The molecule has 1 atom stereocenters. The van der Waals surface area contributed by atoms with Crippen molar-refractivity contribution in [2.75, 3.05) is 19.7 Å². The van der Waals surface area contributed by atoms with Crippen LogP contribution in [0, 0.1) is 5.82 Å². The number of benzene rings is 1. The molecule has 9 heteroatoms. The van der Waals surface area contributed by atoms with E-state index in [4.69, 9.17) is 4.74 Å². The van der Waals surface area contributed by atoms with Crippen LogP contribution in [-0.4, -0.2) is 52.3 Å². The van der Waals surface area contributed by atoms with Crippen LogP contribution in [0.2, 0.25) is 0 Å². The summed E-state index contributed by atoms with van der Waals surface area (Å²) < 4.78 is 18.1. The van der Waals surface area contributed by atoms with Gasteiger partial charge in [0.15, 0.2) is 11.4 Å². The summed E-state index contributed by atoms with van der Waals surface area (Å²) in [5.74, 6) is -2.12. The minimum absolute atomic E-state index is 0.0688. The number of halogens is 1.